The van der Waals surface area contributed by atoms with Crippen LogP contribution in [0.1, 0.15) is 5.56 Å². The van der Waals surface area contributed by atoms with Gasteiger partial charge in [-0.3, -0.25) is 4.79 Å². The average molecular weight is 342 g/mol. The van der Waals surface area contributed by atoms with Crippen molar-refractivity contribution in [2.75, 3.05) is 7.11 Å². The molecule has 4 nitrogen and oxygen atoms in total. The van der Waals surface area contributed by atoms with Gasteiger partial charge in [0.05, 0.1) is 7.11 Å². The van der Waals surface area contributed by atoms with Gasteiger partial charge in [-0.15, -0.1) is 0 Å². The molecule has 0 unspecified atom stereocenters. The second kappa shape index (κ2) is 5.48. The van der Waals surface area contributed by atoms with E-state index in [2.05, 4.69) is 20.7 Å². The van der Waals surface area contributed by atoms with E-state index in [-0.39, 0.29) is 0 Å². The van der Waals surface area contributed by atoms with E-state index < -0.39 is 29.4 Å². The quantitative estimate of drug-likeness (QED) is 0.821. The summed E-state index contributed by atoms with van der Waals surface area (Å²) in [5, 5.41) is 9.94. The molecule has 0 aliphatic carbocycles. The monoisotopic (exact) mass is 341 g/mol. The predicted molar refractivity (Wildman–Crippen MR) is 64.1 cm³/mol. The molecule has 0 saturated carbocycles. The minimum Gasteiger partial charge on any atom is -0.468 e. The lowest BCUT2D eigenvalue weighted by molar-refractivity contribution is -0.274. The standard InChI is InChI=1S/C11H11BrF3NO3/c1-19-9(17)8(16)10(18,11(13,14)15)6-3-2-4-7(12)5-6/h2-5,8,18H,16H2,1H3/t8-,10+/m1/s1. The second-order valence-corrected chi connectivity index (χ2v) is 4.69. The van der Waals surface area contributed by atoms with Crippen LogP contribution < -0.4 is 5.73 Å². The van der Waals surface area contributed by atoms with E-state index in [1.54, 1.807) is 0 Å². The van der Waals surface area contributed by atoms with Crippen molar-refractivity contribution in [3.63, 3.8) is 0 Å². The van der Waals surface area contributed by atoms with Crippen LogP contribution in [0.15, 0.2) is 28.7 Å². The molecule has 0 spiro atoms. The maximum absolute atomic E-state index is 13.1. The largest absolute Gasteiger partial charge is 0.468 e. The molecule has 1 aromatic carbocycles. The number of carbonyl (C=O) groups excluding carboxylic acids is 1. The number of halogens is 4. The fraction of sp³-hybridized carbons (Fsp3) is 0.364. The summed E-state index contributed by atoms with van der Waals surface area (Å²) in [6.45, 7) is 0. The number of hydrogen-bond acceptors (Lipinski definition) is 4. The maximum atomic E-state index is 13.1. The minimum atomic E-state index is -5.14. The van der Waals surface area contributed by atoms with Crippen LogP contribution >= 0.6 is 15.9 Å². The molecule has 3 N–H and O–H groups in total. The zero-order valence-corrected chi connectivity index (χ0v) is 11.3. The van der Waals surface area contributed by atoms with Gasteiger partial charge < -0.3 is 15.6 Å². The van der Waals surface area contributed by atoms with Crippen LogP contribution in [0.25, 0.3) is 0 Å². The maximum Gasteiger partial charge on any atom is 0.423 e. The van der Waals surface area contributed by atoms with Crippen molar-refractivity contribution >= 4 is 21.9 Å². The van der Waals surface area contributed by atoms with Gasteiger partial charge >= 0.3 is 12.1 Å². The van der Waals surface area contributed by atoms with E-state index in [0.717, 1.165) is 19.2 Å². The number of esters is 1. The van der Waals surface area contributed by atoms with Crippen molar-refractivity contribution in [3.8, 4) is 0 Å². The fourth-order valence-electron chi connectivity index (χ4n) is 1.54. The fourth-order valence-corrected chi connectivity index (χ4v) is 1.94. The first-order valence-corrected chi connectivity index (χ1v) is 5.82. The minimum absolute atomic E-state index is 0.310. The molecule has 0 bridgehead atoms. The third kappa shape index (κ3) is 2.90. The lowest BCUT2D eigenvalue weighted by Crippen LogP contribution is -2.59. The van der Waals surface area contributed by atoms with Gasteiger partial charge in [0.2, 0.25) is 5.60 Å². The summed E-state index contributed by atoms with van der Waals surface area (Å²) in [6, 6.07) is 2.55. The summed E-state index contributed by atoms with van der Waals surface area (Å²) < 4.78 is 43.8. The van der Waals surface area contributed by atoms with Gasteiger partial charge in [-0.1, -0.05) is 28.1 Å². The smallest absolute Gasteiger partial charge is 0.423 e. The number of carbonyl (C=O) groups is 1. The van der Waals surface area contributed by atoms with Crippen LogP contribution in [0, 0.1) is 0 Å². The molecule has 0 amide bonds. The Hall–Kier alpha value is -1.12. The summed E-state index contributed by atoms with van der Waals surface area (Å²) in [7, 11) is 0.889. The Morgan fingerprint density at radius 3 is 2.47 bits per heavy atom. The van der Waals surface area contributed by atoms with E-state index in [9.17, 15) is 23.1 Å². The Bertz CT molecular complexity index is 480. The molecule has 1 aromatic rings. The Morgan fingerprint density at radius 1 is 1.47 bits per heavy atom. The number of alkyl halides is 3. The highest BCUT2D eigenvalue weighted by molar-refractivity contribution is 9.10. The summed E-state index contributed by atoms with van der Waals surface area (Å²) >= 11 is 2.99. The molecule has 0 radical (unpaired) electrons. The van der Waals surface area contributed by atoms with E-state index in [1.165, 1.54) is 12.1 Å². The molecule has 0 aromatic heterocycles. The van der Waals surface area contributed by atoms with Crippen LogP contribution in [0.3, 0.4) is 0 Å². The van der Waals surface area contributed by atoms with Gasteiger partial charge in [0.25, 0.3) is 0 Å². The number of ether oxygens (including phenoxy) is 1. The molecule has 106 valence electrons. The van der Waals surface area contributed by atoms with Crippen LogP contribution in [0.5, 0.6) is 0 Å². The number of methoxy groups -OCH3 is 1. The highest BCUT2D eigenvalue weighted by Gasteiger charge is 2.61. The van der Waals surface area contributed by atoms with Crippen LogP contribution in [0.4, 0.5) is 13.2 Å². The van der Waals surface area contributed by atoms with Crippen LogP contribution in [-0.2, 0) is 15.1 Å². The molecule has 0 aliphatic rings. The van der Waals surface area contributed by atoms with E-state index >= 15 is 0 Å². The van der Waals surface area contributed by atoms with Crippen LogP contribution in [-0.4, -0.2) is 30.4 Å². The highest BCUT2D eigenvalue weighted by atomic mass is 79.9. The summed E-state index contributed by atoms with van der Waals surface area (Å²) in [6.07, 6.45) is -5.14. The topological polar surface area (TPSA) is 72.5 Å². The van der Waals surface area contributed by atoms with Gasteiger partial charge in [-0.05, 0) is 17.7 Å². The molecule has 0 fully saturated rings. The Balaban J connectivity index is 3.41. The molecule has 0 heterocycles. The molecule has 0 saturated heterocycles. The van der Waals surface area contributed by atoms with E-state index in [1.807, 2.05) is 0 Å². The Morgan fingerprint density at radius 2 is 2.05 bits per heavy atom. The lowest BCUT2D eigenvalue weighted by Gasteiger charge is -2.34. The van der Waals surface area contributed by atoms with Gasteiger partial charge in [0.15, 0.2) is 0 Å². The third-order valence-corrected chi connectivity index (χ3v) is 3.10. The van der Waals surface area contributed by atoms with E-state index in [4.69, 9.17) is 5.73 Å². The summed E-state index contributed by atoms with van der Waals surface area (Å²) in [4.78, 5) is 11.2. The number of hydrogen-bond donors (Lipinski definition) is 2. The normalized spacial score (nSPS) is 16.6. The molecule has 8 heteroatoms. The Labute approximate surface area is 115 Å². The first-order valence-electron chi connectivity index (χ1n) is 5.03. The van der Waals surface area contributed by atoms with Gasteiger partial charge in [-0.2, -0.15) is 13.2 Å². The van der Waals surface area contributed by atoms with Gasteiger partial charge in [0, 0.05) is 4.47 Å². The molecule has 0 aliphatic heterocycles. The molecule has 1 rings (SSSR count). The SMILES string of the molecule is COC(=O)[C@@H](N)[C@@](O)(c1cccc(Br)c1)C(F)(F)F. The summed E-state index contributed by atoms with van der Waals surface area (Å²) in [5.74, 6) is -1.36. The van der Waals surface area contributed by atoms with Crippen molar-refractivity contribution in [1.82, 2.24) is 0 Å². The summed E-state index contributed by atoms with van der Waals surface area (Å²) in [5.41, 5.74) is 1.14. The van der Waals surface area contributed by atoms with Crippen molar-refractivity contribution in [2.45, 2.75) is 17.8 Å². The number of rotatable bonds is 3. The number of nitrogens with two attached hydrogens (primary N) is 1. The van der Waals surface area contributed by atoms with E-state index in [0.29, 0.717) is 4.47 Å². The molecular formula is C11H11BrF3NO3. The zero-order valence-electron chi connectivity index (χ0n) is 9.74. The number of benzene rings is 1. The first-order chi connectivity index (χ1) is 8.64. The second-order valence-electron chi connectivity index (χ2n) is 3.78. The van der Waals surface area contributed by atoms with Crippen molar-refractivity contribution in [3.05, 3.63) is 34.3 Å². The Kier molecular flexibility index (Phi) is 4.59. The van der Waals surface area contributed by atoms with Gasteiger partial charge in [0.1, 0.15) is 6.04 Å². The van der Waals surface area contributed by atoms with Crippen molar-refractivity contribution in [2.24, 2.45) is 5.73 Å². The molecule has 2 atom stereocenters. The molecule has 19 heavy (non-hydrogen) atoms. The average Bonchev–Trinajstić information content (AvgIpc) is 2.34. The first kappa shape index (κ1) is 15.9. The van der Waals surface area contributed by atoms with Crippen molar-refractivity contribution < 1.29 is 27.8 Å². The third-order valence-electron chi connectivity index (χ3n) is 2.60. The highest BCUT2D eigenvalue weighted by Crippen LogP contribution is 2.41. The zero-order chi connectivity index (χ0) is 14.8. The molecular weight excluding hydrogens is 331 g/mol. The number of aliphatic hydroxyl groups is 1. The predicted octanol–water partition coefficient (Wildman–Crippen LogP) is 1.70. The van der Waals surface area contributed by atoms with Gasteiger partial charge in [-0.25, -0.2) is 0 Å². The van der Waals surface area contributed by atoms with Crippen LogP contribution in [0.2, 0.25) is 0 Å². The van der Waals surface area contributed by atoms with Crippen molar-refractivity contribution in [1.29, 1.82) is 0 Å². The lowest BCUT2D eigenvalue weighted by atomic mass is 9.86.